The van der Waals surface area contributed by atoms with E-state index >= 15 is 0 Å². The third-order valence-corrected chi connectivity index (χ3v) is 3.41. The van der Waals surface area contributed by atoms with Gasteiger partial charge in [0, 0.05) is 25.7 Å². The molecule has 2 rings (SSSR count). The standard InChI is InChI=1S/C12H21N5/c1-16(2)11-5-7-17(8-6-11)9-10-3-4-12(13)15-14-10/h3-4,11H,5-9H2,1-2H3,(H2,13,15). The quantitative estimate of drug-likeness (QED) is 0.830. The van der Waals surface area contributed by atoms with Gasteiger partial charge in [0.2, 0.25) is 0 Å². The van der Waals surface area contributed by atoms with E-state index in [0.717, 1.165) is 31.4 Å². The van der Waals surface area contributed by atoms with E-state index in [1.165, 1.54) is 12.8 Å². The van der Waals surface area contributed by atoms with Crippen LogP contribution in [-0.2, 0) is 6.54 Å². The van der Waals surface area contributed by atoms with Gasteiger partial charge in [0.25, 0.3) is 0 Å². The van der Waals surface area contributed by atoms with Gasteiger partial charge in [-0.25, -0.2) is 0 Å². The number of rotatable bonds is 3. The molecule has 1 aromatic rings. The topological polar surface area (TPSA) is 58.3 Å². The number of hydrogen-bond acceptors (Lipinski definition) is 5. The Morgan fingerprint density at radius 2 is 2.00 bits per heavy atom. The Bertz CT molecular complexity index is 340. The molecule has 0 atom stereocenters. The first-order valence-corrected chi connectivity index (χ1v) is 6.12. The lowest BCUT2D eigenvalue weighted by Gasteiger charge is -2.34. The molecule has 0 aromatic carbocycles. The predicted octanol–water partition coefficient (Wildman–Crippen LogP) is 0.585. The summed E-state index contributed by atoms with van der Waals surface area (Å²) in [5.41, 5.74) is 6.52. The number of piperidine rings is 1. The molecule has 0 spiro atoms. The normalized spacial score (nSPS) is 18.8. The van der Waals surface area contributed by atoms with E-state index in [1.807, 2.05) is 12.1 Å². The van der Waals surface area contributed by atoms with Crippen LogP contribution in [0.5, 0.6) is 0 Å². The smallest absolute Gasteiger partial charge is 0.146 e. The molecule has 0 amide bonds. The molecule has 0 aliphatic carbocycles. The Balaban J connectivity index is 1.84. The van der Waals surface area contributed by atoms with Crippen molar-refractivity contribution >= 4 is 5.82 Å². The number of nitrogens with two attached hydrogens (primary N) is 1. The summed E-state index contributed by atoms with van der Waals surface area (Å²) in [6, 6.07) is 4.50. The van der Waals surface area contributed by atoms with Crippen LogP contribution in [0, 0.1) is 0 Å². The maximum atomic E-state index is 5.52. The minimum absolute atomic E-state index is 0.486. The minimum Gasteiger partial charge on any atom is -0.382 e. The summed E-state index contributed by atoms with van der Waals surface area (Å²) < 4.78 is 0. The van der Waals surface area contributed by atoms with E-state index in [9.17, 15) is 0 Å². The molecular formula is C12H21N5. The number of hydrogen-bond donors (Lipinski definition) is 1. The van der Waals surface area contributed by atoms with Gasteiger partial charge in [-0.1, -0.05) is 0 Å². The zero-order valence-electron chi connectivity index (χ0n) is 10.6. The number of anilines is 1. The highest BCUT2D eigenvalue weighted by Crippen LogP contribution is 2.15. The van der Waals surface area contributed by atoms with Gasteiger partial charge in [-0.15, -0.1) is 5.10 Å². The van der Waals surface area contributed by atoms with Crippen LogP contribution in [-0.4, -0.2) is 53.2 Å². The van der Waals surface area contributed by atoms with Crippen molar-refractivity contribution < 1.29 is 0 Å². The molecule has 1 fully saturated rings. The number of nitrogens with zero attached hydrogens (tertiary/aromatic N) is 4. The zero-order valence-corrected chi connectivity index (χ0v) is 10.6. The summed E-state index contributed by atoms with van der Waals surface area (Å²) in [5, 5.41) is 7.98. The van der Waals surface area contributed by atoms with Gasteiger partial charge in [0.1, 0.15) is 5.82 Å². The Labute approximate surface area is 103 Å². The predicted molar refractivity (Wildman–Crippen MR) is 68.4 cm³/mol. The second-order valence-corrected chi connectivity index (χ2v) is 4.92. The van der Waals surface area contributed by atoms with Crippen molar-refractivity contribution in [3.63, 3.8) is 0 Å². The van der Waals surface area contributed by atoms with Crippen LogP contribution in [0.1, 0.15) is 18.5 Å². The second-order valence-electron chi connectivity index (χ2n) is 4.92. The van der Waals surface area contributed by atoms with Gasteiger partial charge < -0.3 is 10.6 Å². The summed E-state index contributed by atoms with van der Waals surface area (Å²) in [7, 11) is 4.32. The van der Waals surface area contributed by atoms with E-state index in [1.54, 1.807) is 0 Å². The van der Waals surface area contributed by atoms with Gasteiger partial charge in [0.05, 0.1) is 5.69 Å². The van der Waals surface area contributed by atoms with Crippen molar-refractivity contribution in [1.29, 1.82) is 0 Å². The van der Waals surface area contributed by atoms with Crippen LogP contribution in [0.4, 0.5) is 5.82 Å². The van der Waals surface area contributed by atoms with Gasteiger partial charge in [-0.3, -0.25) is 4.90 Å². The molecule has 1 aliphatic rings. The third-order valence-electron chi connectivity index (χ3n) is 3.41. The third kappa shape index (κ3) is 3.38. The maximum Gasteiger partial charge on any atom is 0.146 e. The van der Waals surface area contributed by atoms with Crippen LogP contribution >= 0.6 is 0 Å². The molecule has 94 valence electrons. The summed E-state index contributed by atoms with van der Waals surface area (Å²) in [4.78, 5) is 4.75. The fourth-order valence-electron chi connectivity index (χ4n) is 2.28. The fraction of sp³-hybridized carbons (Fsp3) is 0.667. The molecule has 2 heterocycles. The average molecular weight is 235 g/mol. The van der Waals surface area contributed by atoms with Gasteiger partial charge >= 0.3 is 0 Å². The molecule has 5 heteroatoms. The molecule has 0 unspecified atom stereocenters. The largest absolute Gasteiger partial charge is 0.382 e. The van der Waals surface area contributed by atoms with Crippen LogP contribution in [0.25, 0.3) is 0 Å². The summed E-state index contributed by atoms with van der Waals surface area (Å²) >= 11 is 0. The molecule has 1 saturated heterocycles. The maximum absolute atomic E-state index is 5.52. The van der Waals surface area contributed by atoms with Crippen LogP contribution in [0.15, 0.2) is 12.1 Å². The van der Waals surface area contributed by atoms with Crippen molar-refractivity contribution in [2.75, 3.05) is 32.9 Å². The lowest BCUT2D eigenvalue weighted by atomic mass is 10.0. The molecule has 1 aromatic heterocycles. The number of nitrogen functional groups attached to an aromatic ring is 1. The Kier molecular flexibility index (Phi) is 3.91. The average Bonchev–Trinajstić information content (AvgIpc) is 2.33. The van der Waals surface area contributed by atoms with E-state index in [2.05, 4.69) is 34.1 Å². The van der Waals surface area contributed by atoms with E-state index in [0.29, 0.717) is 5.82 Å². The highest BCUT2D eigenvalue weighted by atomic mass is 15.2. The van der Waals surface area contributed by atoms with Crippen LogP contribution in [0.3, 0.4) is 0 Å². The van der Waals surface area contributed by atoms with Crippen molar-refractivity contribution in [2.45, 2.75) is 25.4 Å². The molecule has 1 aliphatic heterocycles. The first-order chi connectivity index (χ1) is 8.15. The van der Waals surface area contributed by atoms with Crippen molar-refractivity contribution in [1.82, 2.24) is 20.0 Å². The first kappa shape index (κ1) is 12.3. The number of likely N-dealkylation sites (tertiary alicyclic amines) is 1. The highest BCUT2D eigenvalue weighted by molar-refractivity contribution is 5.25. The molecule has 17 heavy (non-hydrogen) atoms. The van der Waals surface area contributed by atoms with E-state index in [-0.39, 0.29) is 0 Å². The minimum atomic E-state index is 0.486. The summed E-state index contributed by atoms with van der Waals surface area (Å²) in [6.45, 7) is 3.15. The van der Waals surface area contributed by atoms with Gasteiger partial charge in [0.15, 0.2) is 0 Å². The fourth-order valence-corrected chi connectivity index (χ4v) is 2.28. The molecule has 0 radical (unpaired) electrons. The first-order valence-electron chi connectivity index (χ1n) is 6.12. The van der Waals surface area contributed by atoms with Crippen molar-refractivity contribution in [3.05, 3.63) is 17.8 Å². The SMILES string of the molecule is CN(C)C1CCN(Cc2ccc(N)nn2)CC1. The summed E-state index contributed by atoms with van der Waals surface area (Å²) in [6.07, 6.45) is 2.46. The van der Waals surface area contributed by atoms with Crippen LogP contribution in [0.2, 0.25) is 0 Å². The van der Waals surface area contributed by atoms with Crippen molar-refractivity contribution in [2.24, 2.45) is 0 Å². The lowest BCUT2D eigenvalue weighted by molar-refractivity contribution is 0.138. The lowest BCUT2D eigenvalue weighted by Crippen LogP contribution is -2.41. The monoisotopic (exact) mass is 235 g/mol. The molecular weight excluding hydrogens is 214 g/mol. The van der Waals surface area contributed by atoms with Gasteiger partial charge in [-0.2, -0.15) is 5.10 Å². The Morgan fingerprint density at radius 3 is 2.53 bits per heavy atom. The molecule has 0 bridgehead atoms. The zero-order chi connectivity index (χ0) is 12.3. The molecule has 5 nitrogen and oxygen atoms in total. The highest BCUT2D eigenvalue weighted by Gasteiger charge is 2.20. The van der Waals surface area contributed by atoms with Crippen LogP contribution < -0.4 is 5.73 Å². The molecule has 2 N–H and O–H groups in total. The van der Waals surface area contributed by atoms with E-state index in [4.69, 9.17) is 5.73 Å². The van der Waals surface area contributed by atoms with Gasteiger partial charge in [-0.05, 0) is 39.1 Å². The molecule has 0 saturated carbocycles. The van der Waals surface area contributed by atoms with Crippen molar-refractivity contribution in [3.8, 4) is 0 Å². The summed E-state index contributed by atoms with van der Waals surface area (Å²) in [5.74, 6) is 0.486. The number of aromatic nitrogens is 2. The Hall–Kier alpha value is -1.20. The van der Waals surface area contributed by atoms with E-state index < -0.39 is 0 Å². The second kappa shape index (κ2) is 5.42. The Morgan fingerprint density at radius 1 is 1.29 bits per heavy atom.